The Morgan fingerprint density at radius 2 is 1.25 bits per heavy atom. The fourth-order valence-corrected chi connectivity index (χ4v) is 4.61. The first-order valence-corrected chi connectivity index (χ1v) is 13.0. The number of nitrogens with one attached hydrogen (secondary N) is 1. The summed E-state index contributed by atoms with van der Waals surface area (Å²) < 4.78 is 5.33. The molecule has 1 unspecified atom stereocenters. The Labute approximate surface area is 194 Å². The van der Waals surface area contributed by atoms with Crippen molar-refractivity contribution in [2.75, 3.05) is 13.7 Å². The van der Waals surface area contributed by atoms with Crippen molar-refractivity contribution in [1.82, 2.24) is 5.32 Å². The maximum Gasteiger partial charge on any atom is 0.245 e. The Morgan fingerprint density at radius 3 is 1.66 bits per heavy atom. The van der Waals surface area contributed by atoms with Gasteiger partial charge in [0, 0.05) is 6.42 Å². The molecule has 32 heavy (non-hydrogen) atoms. The first-order chi connectivity index (χ1) is 15.4. The Morgan fingerprint density at radius 1 is 0.812 bits per heavy atom. The van der Waals surface area contributed by atoms with Gasteiger partial charge in [0.1, 0.15) is 18.3 Å². The topological polar surface area (TPSA) is 119 Å². The lowest BCUT2D eigenvalue weighted by atomic mass is 9.86. The molecule has 0 amide bonds. The fourth-order valence-electron chi connectivity index (χ4n) is 4.61. The van der Waals surface area contributed by atoms with Gasteiger partial charge in [-0.15, -0.1) is 0 Å². The molecule has 0 spiro atoms. The normalized spacial score (nSPS) is 28.2. The van der Waals surface area contributed by atoms with E-state index in [0.717, 1.165) is 19.3 Å². The van der Waals surface area contributed by atoms with E-state index in [0.29, 0.717) is 6.42 Å². The average Bonchev–Trinajstić information content (AvgIpc) is 2.79. The molecule has 0 bridgehead atoms. The van der Waals surface area contributed by atoms with E-state index in [-0.39, 0.29) is 6.42 Å². The summed E-state index contributed by atoms with van der Waals surface area (Å²) in [5, 5.41) is 43.0. The van der Waals surface area contributed by atoms with Crippen LogP contribution < -0.4 is 5.32 Å². The number of carbonyl (C=O) groups is 1. The van der Waals surface area contributed by atoms with E-state index in [2.05, 4.69) is 12.2 Å². The second-order valence-corrected chi connectivity index (χ2v) is 9.41. The lowest BCUT2D eigenvalue weighted by molar-refractivity contribution is -0.302. The van der Waals surface area contributed by atoms with E-state index < -0.39 is 42.5 Å². The van der Waals surface area contributed by atoms with Gasteiger partial charge in [-0.25, -0.2) is 0 Å². The maximum atomic E-state index is 12.6. The number of Topliss-reactive ketones (excluding diaryl/α,β-unsaturated/α-hetero) is 1. The van der Waals surface area contributed by atoms with Crippen molar-refractivity contribution in [2.24, 2.45) is 0 Å². The molecule has 5 N–H and O–H groups in total. The molecule has 1 heterocycles. The summed E-state index contributed by atoms with van der Waals surface area (Å²) in [6.45, 7) is 1.66. The Kier molecular flexibility index (Phi) is 15.6. The summed E-state index contributed by atoms with van der Waals surface area (Å²) in [5.41, 5.74) is 0. The molecule has 0 aliphatic carbocycles. The number of hydrogen-bond donors (Lipinski definition) is 5. The summed E-state index contributed by atoms with van der Waals surface area (Å²) in [5.74, 6) is -2.78. The smallest absolute Gasteiger partial charge is 0.245 e. The van der Waals surface area contributed by atoms with Crippen LogP contribution in [0.15, 0.2) is 0 Å². The third kappa shape index (κ3) is 9.74. The van der Waals surface area contributed by atoms with Crippen molar-refractivity contribution in [2.45, 2.75) is 140 Å². The van der Waals surface area contributed by atoms with Crippen molar-refractivity contribution in [3.63, 3.8) is 0 Å². The van der Waals surface area contributed by atoms with Gasteiger partial charge in [0.25, 0.3) is 0 Å². The van der Waals surface area contributed by atoms with E-state index in [1.54, 1.807) is 0 Å². The average molecular weight is 460 g/mol. The van der Waals surface area contributed by atoms with Crippen LogP contribution in [0.4, 0.5) is 0 Å². The molecule has 0 aromatic heterocycles. The number of aliphatic hydroxyl groups is 4. The van der Waals surface area contributed by atoms with Crippen LogP contribution >= 0.6 is 0 Å². The van der Waals surface area contributed by atoms with Gasteiger partial charge in [0.05, 0.1) is 12.6 Å². The van der Waals surface area contributed by atoms with Gasteiger partial charge in [-0.05, 0) is 13.5 Å². The molecular weight excluding hydrogens is 410 g/mol. The highest BCUT2D eigenvalue weighted by Crippen LogP contribution is 2.30. The number of carbonyl (C=O) groups excluding carboxylic acids is 1. The lowest BCUT2D eigenvalue weighted by Gasteiger charge is -2.46. The second kappa shape index (κ2) is 17.0. The summed E-state index contributed by atoms with van der Waals surface area (Å²) in [7, 11) is 1.48. The second-order valence-electron chi connectivity index (χ2n) is 9.41. The Balaban J connectivity index is 2.12. The van der Waals surface area contributed by atoms with Crippen molar-refractivity contribution >= 4 is 5.78 Å². The molecule has 7 heteroatoms. The SMILES string of the molecule is CCCCCCCCCCCCCCCCCC(=O)C1(O)O[C@H](CO)[C@@H](O)[C@H](O)[C@H]1NC. The van der Waals surface area contributed by atoms with E-state index in [9.17, 15) is 25.2 Å². The van der Waals surface area contributed by atoms with Crippen LogP contribution in [0.5, 0.6) is 0 Å². The molecule has 0 aromatic carbocycles. The highest BCUT2D eigenvalue weighted by atomic mass is 16.7. The number of likely N-dealkylation sites (N-methyl/N-ethyl adjacent to an activating group) is 1. The number of unbranched alkanes of at least 4 members (excludes halogenated alkanes) is 14. The molecule has 0 aromatic rings. The monoisotopic (exact) mass is 459 g/mol. The Bertz CT molecular complexity index is 491. The molecule has 1 rings (SSSR count). The lowest BCUT2D eigenvalue weighted by Crippen LogP contribution is -2.71. The number of ketones is 1. The number of hydrogen-bond acceptors (Lipinski definition) is 7. The third-order valence-corrected chi connectivity index (χ3v) is 6.72. The number of ether oxygens (including phenoxy) is 1. The molecule has 0 radical (unpaired) electrons. The van der Waals surface area contributed by atoms with Crippen LogP contribution in [0.1, 0.15) is 110 Å². The molecule has 7 nitrogen and oxygen atoms in total. The zero-order valence-electron chi connectivity index (χ0n) is 20.4. The van der Waals surface area contributed by atoms with E-state index in [1.165, 1.54) is 77.7 Å². The van der Waals surface area contributed by atoms with Crippen LogP contribution in [-0.4, -0.2) is 70.0 Å². The van der Waals surface area contributed by atoms with Gasteiger partial charge < -0.3 is 30.5 Å². The molecule has 1 fully saturated rings. The molecule has 1 aliphatic rings. The van der Waals surface area contributed by atoms with Crippen molar-refractivity contribution < 1.29 is 30.0 Å². The molecule has 0 saturated carbocycles. The van der Waals surface area contributed by atoms with Crippen LogP contribution in [-0.2, 0) is 9.53 Å². The van der Waals surface area contributed by atoms with E-state index in [4.69, 9.17) is 4.74 Å². The predicted molar refractivity (Wildman–Crippen MR) is 126 cm³/mol. The van der Waals surface area contributed by atoms with Gasteiger partial charge >= 0.3 is 0 Å². The van der Waals surface area contributed by atoms with Gasteiger partial charge in [-0.1, -0.05) is 96.8 Å². The number of aliphatic hydroxyl groups excluding tert-OH is 3. The highest BCUT2D eigenvalue weighted by Gasteiger charge is 2.56. The minimum Gasteiger partial charge on any atom is -0.394 e. The molecule has 1 saturated heterocycles. The summed E-state index contributed by atoms with van der Waals surface area (Å²) in [6, 6.07) is -1.15. The summed E-state index contributed by atoms with van der Waals surface area (Å²) in [4.78, 5) is 12.6. The van der Waals surface area contributed by atoms with Crippen LogP contribution in [0, 0.1) is 0 Å². The van der Waals surface area contributed by atoms with Gasteiger partial charge in [0.15, 0.2) is 5.78 Å². The molecule has 1 aliphatic heterocycles. The van der Waals surface area contributed by atoms with Crippen molar-refractivity contribution in [1.29, 1.82) is 0 Å². The zero-order chi connectivity index (χ0) is 23.8. The van der Waals surface area contributed by atoms with Crippen molar-refractivity contribution in [3.05, 3.63) is 0 Å². The fraction of sp³-hybridized carbons (Fsp3) is 0.960. The maximum absolute atomic E-state index is 12.6. The van der Waals surface area contributed by atoms with Crippen molar-refractivity contribution in [3.8, 4) is 0 Å². The van der Waals surface area contributed by atoms with E-state index >= 15 is 0 Å². The van der Waals surface area contributed by atoms with E-state index in [1.807, 2.05) is 0 Å². The molecule has 190 valence electrons. The predicted octanol–water partition coefficient (Wildman–Crippen LogP) is 3.21. The van der Waals surface area contributed by atoms with Gasteiger partial charge in [-0.3, -0.25) is 4.79 Å². The highest BCUT2D eigenvalue weighted by molar-refractivity contribution is 5.86. The minimum atomic E-state index is -2.25. The van der Waals surface area contributed by atoms with Gasteiger partial charge in [-0.2, -0.15) is 0 Å². The van der Waals surface area contributed by atoms with Crippen LogP contribution in [0.25, 0.3) is 0 Å². The minimum absolute atomic E-state index is 0.133. The summed E-state index contributed by atoms with van der Waals surface area (Å²) >= 11 is 0. The zero-order valence-corrected chi connectivity index (χ0v) is 20.4. The van der Waals surface area contributed by atoms with Crippen LogP contribution in [0.3, 0.4) is 0 Å². The largest absolute Gasteiger partial charge is 0.394 e. The quantitative estimate of drug-likeness (QED) is 0.188. The third-order valence-electron chi connectivity index (χ3n) is 6.72. The first-order valence-electron chi connectivity index (χ1n) is 13.0. The molecule has 5 atom stereocenters. The van der Waals surface area contributed by atoms with Crippen LogP contribution in [0.2, 0.25) is 0 Å². The molecular formula is C25H49NO6. The van der Waals surface area contributed by atoms with Gasteiger partial charge in [0.2, 0.25) is 5.79 Å². The first kappa shape index (κ1) is 29.5. The Hall–Kier alpha value is -0.570. The standard InChI is InChI=1S/C25H49NO6/c1-3-4-5-6-7-8-9-10-11-12-13-14-15-16-17-18-21(28)25(31)24(26-2)23(30)22(29)20(19-27)32-25/h20,22-24,26-27,29-31H,3-19H2,1-2H3/t20-,22-,23+,24-,25?/m1/s1. The number of rotatable bonds is 19. The summed E-state index contributed by atoms with van der Waals surface area (Å²) in [6.07, 6.45) is 14.6.